The van der Waals surface area contributed by atoms with Gasteiger partial charge in [-0.2, -0.15) is 0 Å². The maximum absolute atomic E-state index is 12.8. The molecule has 0 aromatic carbocycles. The summed E-state index contributed by atoms with van der Waals surface area (Å²) in [5.74, 6) is -0.484. The number of rotatable bonds is 2. The van der Waals surface area contributed by atoms with Crippen molar-refractivity contribution in [1.82, 2.24) is 10.3 Å². The second kappa shape index (κ2) is 3.84. The molecule has 1 atom stereocenters. The molecule has 2 heterocycles. The highest BCUT2D eigenvalue weighted by Gasteiger charge is 2.23. The predicted molar refractivity (Wildman–Crippen MR) is 49.5 cm³/mol. The Kier molecular flexibility index (Phi) is 2.54. The number of ketones is 1. The molecule has 1 aromatic rings. The fourth-order valence-corrected chi connectivity index (χ4v) is 1.66. The van der Waals surface area contributed by atoms with Crippen LogP contribution in [0, 0.1) is 11.7 Å². The first-order valence-corrected chi connectivity index (χ1v) is 4.63. The van der Waals surface area contributed by atoms with Crippen molar-refractivity contribution in [3.63, 3.8) is 0 Å². The summed E-state index contributed by atoms with van der Waals surface area (Å²) in [5.41, 5.74) is 0.374. The quantitative estimate of drug-likeness (QED) is 0.714. The number of carbonyl (C=O) groups excluding carboxylic acids is 1. The first-order valence-electron chi connectivity index (χ1n) is 4.63. The zero-order valence-corrected chi connectivity index (χ0v) is 7.66. The minimum atomic E-state index is -0.457. The van der Waals surface area contributed by atoms with Crippen molar-refractivity contribution in [2.24, 2.45) is 5.92 Å². The average Bonchev–Trinajstić information content (AvgIpc) is 2.69. The number of pyridine rings is 1. The molecular weight excluding hydrogens is 183 g/mol. The number of aromatic nitrogens is 1. The van der Waals surface area contributed by atoms with Gasteiger partial charge in [-0.3, -0.25) is 9.78 Å². The van der Waals surface area contributed by atoms with Gasteiger partial charge in [-0.1, -0.05) is 0 Å². The summed E-state index contributed by atoms with van der Waals surface area (Å²) in [6.07, 6.45) is 3.35. The van der Waals surface area contributed by atoms with Gasteiger partial charge >= 0.3 is 0 Å². The van der Waals surface area contributed by atoms with E-state index >= 15 is 0 Å². The molecule has 74 valence electrons. The van der Waals surface area contributed by atoms with E-state index in [9.17, 15) is 9.18 Å². The SMILES string of the molecule is O=C(c1cncc(F)c1)C1CCNC1. The molecule has 4 heteroatoms. The topological polar surface area (TPSA) is 42.0 Å². The van der Waals surface area contributed by atoms with E-state index in [-0.39, 0.29) is 11.7 Å². The van der Waals surface area contributed by atoms with Crippen LogP contribution < -0.4 is 5.32 Å². The molecule has 1 fully saturated rings. The highest BCUT2D eigenvalue weighted by atomic mass is 19.1. The maximum atomic E-state index is 12.8. The molecule has 1 saturated heterocycles. The van der Waals surface area contributed by atoms with Gasteiger partial charge in [-0.25, -0.2) is 4.39 Å². The van der Waals surface area contributed by atoms with Crippen LogP contribution in [0.4, 0.5) is 4.39 Å². The van der Waals surface area contributed by atoms with Crippen LogP contribution in [0.3, 0.4) is 0 Å². The molecule has 1 N–H and O–H groups in total. The zero-order valence-electron chi connectivity index (χ0n) is 7.66. The number of carbonyl (C=O) groups is 1. The summed E-state index contributed by atoms with van der Waals surface area (Å²) in [4.78, 5) is 15.4. The Morgan fingerprint density at radius 3 is 3.07 bits per heavy atom. The number of hydrogen-bond donors (Lipinski definition) is 1. The summed E-state index contributed by atoms with van der Waals surface area (Å²) in [6, 6.07) is 1.24. The summed E-state index contributed by atoms with van der Waals surface area (Å²) >= 11 is 0. The van der Waals surface area contributed by atoms with Crippen LogP contribution in [0.2, 0.25) is 0 Å². The summed E-state index contributed by atoms with van der Waals surface area (Å²) < 4.78 is 12.8. The number of halogens is 1. The molecule has 1 aliphatic heterocycles. The third kappa shape index (κ3) is 1.80. The summed E-state index contributed by atoms with van der Waals surface area (Å²) in [6.45, 7) is 1.55. The van der Waals surface area contributed by atoms with Gasteiger partial charge in [0.05, 0.1) is 6.20 Å². The third-order valence-electron chi connectivity index (χ3n) is 2.42. The van der Waals surface area contributed by atoms with Crippen molar-refractivity contribution in [3.8, 4) is 0 Å². The lowest BCUT2D eigenvalue weighted by Crippen LogP contribution is -2.18. The zero-order chi connectivity index (χ0) is 9.97. The number of Topliss-reactive ketones (excluding diaryl/α,β-unsaturated/α-hetero) is 1. The van der Waals surface area contributed by atoms with Crippen LogP contribution in [0.25, 0.3) is 0 Å². The van der Waals surface area contributed by atoms with E-state index in [1.54, 1.807) is 0 Å². The van der Waals surface area contributed by atoms with Crippen LogP contribution in [-0.2, 0) is 0 Å². The van der Waals surface area contributed by atoms with Gasteiger partial charge in [0.1, 0.15) is 5.82 Å². The molecular formula is C10H11FN2O. The standard InChI is InChI=1S/C10H11FN2O/c11-9-3-8(5-13-6-9)10(14)7-1-2-12-4-7/h3,5-7,12H,1-2,4H2. The van der Waals surface area contributed by atoms with Gasteiger partial charge < -0.3 is 5.32 Å². The van der Waals surface area contributed by atoms with Gasteiger partial charge in [0.25, 0.3) is 0 Å². The Morgan fingerprint density at radius 1 is 1.57 bits per heavy atom. The van der Waals surface area contributed by atoms with E-state index in [1.165, 1.54) is 12.3 Å². The Hall–Kier alpha value is -1.29. The van der Waals surface area contributed by atoms with E-state index < -0.39 is 5.82 Å². The van der Waals surface area contributed by atoms with Crippen molar-refractivity contribution in [2.75, 3.05) is 13.1 Å². The molecule has 1 aliphatic rings. The molecule has 1 aromatic heterocycles. The van der Waals surface area contributed by atoms with E-state index in [2.05, 4.69) is 10.3 Å². The van der Waals surface area contributed by atoms with Crippen molar-refractivity contribution in [3.05, 3.63) is 29.8 Å². The van der Waals surface area contributed by atoms with Crippen molar-refractivity contribution >= 4 is 5.78 Å². The minimum absolute atomic E-state index is 0.0120. The number of nitrogens with one attached hydrogen (secondary N) is 1. The number of hydrogen-bond acceptors (Lipinski definition) is 3. The molecule has 1 unspecified atom stereocenters. The number of nitrogens with zero attached hydrogens (tertiary/aromatic N) is 1. The van der Waals surface area contributed by atoms with Crippen LogP contribution in [0.5, 0.6) is 0 Å². The summed E-state index contributed by atoms with van der Waals surface area (Å²) in [7, 11) is 0. The van der Waals surface area contributed by atoms with Crippen molar-refractivity contribution < 1.29 is 9.18 Å². The van der Waals surface area contributed by atoms with E-state index in [0.29, 0.717) is 12.1 Å². The molecule has 0 bridgehead atoms. The van der Waals surface area contributed by atoms with Gasteiger partial charge in [-0.05, 0) is 19.0 Å². The Bertz CT molecular complexity index is 348. The van der Waals surface area contributed by atoms with Crippen LogP contribution in [0.15, 0.2) is 18.5 Å². The highest BCUT2D eigenvalue weighted by molar-refractivity contribution is 5.97. The fourth-order valence-electron chi connectivity index (χ4n) is 1.66. The molecule has 3 nitrogen and oxygen atoms in total. The molecule has 2 rings (SSSR count). The predicted octanol–water partition coefficient (Wildman–Crippen LogP) is 1.01. The molecule has 0 saturated carbocycles. The minimum Gasteiger partial charge on any atom is -0.316 e. The lowest BCUT2D eigenvalue weighted by molar-refractivity contribution is 0.0929. The maximum Gasteiger partial charge on any atom is 0.168 e. The third-order valence-corrected chi connectivity index (χ3v) is 2.42. The van der Waals surface area contributed by atoms with Crippen LogP contribution >= 0.6 is 0 Å². The van der Waals surface area contributed by atoms with Crippen LogP contribution in [0.1, 0.15) is 16.8 Å². The van der Waals surface area contributed by atoms with Crippen molar-refractivity contribution in [2.45, 2.75) is 6.42 Å². The average molecular weight is 194 g/mol. The normalized spacial score (nSPS) is 21.1. The monoisotopic (exact) mass is 194 g/mol. The Morgan fingerprint density at radius 2 is 2.43 bits per heavy atom. The second-order valence-corrected chi connectivity index (χ2v) is 3.45. The van der Waals surface area contributed by atoms with Gasteiger partial charge in [-0.15, -0.1) is 0 Å². The molecule has 14 heavy (non-hydrogen) atoms. The van der Waals surface area contributed by atoms with E-state index in [4.69, 9.17) is 0 Å². The first-order chi connectivity index (χ1) is 6.77. The molecule has 0 aliphatic carbocycles. The Balaban J connectivity index is 2.17. The van der Waals surface area contributed by atoms with Gasteiger partial charge in [0.15, 0.2) is 5.78 Å². The summed E-state index contributed by atoms with van der Waals surface area (Å²) in [5, 5.41) is 3.10. The molecule has 0 spiro atoms. The first kappa shape index (κ1) is 9.27. The second-order valence-electron chi connectivity index (χ2n) is 3.45. The van der Waals surface area contributed by atoms with Crippen molar-refractivity contribution in [1.29, 1.82) is 0 Å². The lowest BCUT2D eigenvalue weighted by atomic mass is 9.98. The van der Waals surface area contributed by atoms with E-state index in [0.717, 1.165) is 19.2 Å². The lowest BCUT2D eigenvalue weighted by Gasteiger charge is -2.06. The molecule has 0 radical (unpaired) electrons. The fraction of sp³-hybridized carbons (Fsp3) is 0.400. The largest absolute Gasteiger partial charge is 0.316 e. The highest BCUT2D eigenvalue weighted by Crippen LogP contribution is 2.15. The molecule has 0 amide bonds. The van der Waals surface area contributed by atoms with Gasteiger partial charge in [0, 0.05) is 24.2 Å². The Labute approximate surface area is 81.3 Å². The van der Waals surface area contributed by atoms with E-state index in [1.807, 2.05) is 0 Å². The van der Waals surface area contributed by atoms with Crippen LogP contribution in [-0.4, -0.2) is 23.9 Å². The smallest absolute Gasteiger partial charge is 0.168 e. The van der Waals surface area contributed by atoms with Gasteiger partial charge in [0.2, 0.25) is 0 Å².